The molecule has 1 fully saturated rings. The van der Waals surface area contributed by atoms with Gasteiger partial charge in [0.1, 0.15) is 0 Å². The van der Waals surface area contributed by atoms with Crippen LogP contribution < -0.4 is 5.32 Å². The van der Waals surface area contributed by atoms with E-state index in [1.165, 1.54) is 35.7 Å². The van der Waals surface area contributed by atoms with Crippen LogP contribution in [-0.2, 0) is 13.0 Å². The maximum absolute atomic E-state index is 4.81. The monoisotopic (exact) mass is 373 g/mol. The minimum absolute atomic E-state index is 0. The highest BCUT2D eigenvalue weighted by Gasteiger charge is 2.19. The van der Waals surface area contributed by atoms with Gasteiger partial charge in [0, 0.05) is 30.9 Å². The lowest BCUT2D eigenvalue weighted by molar-refractivity contribution is 0.186. The predicted molar refractivity (Wildman–Crippen MR) is 103 cm³/mol. The summed E-state index contributed by atoms with van der Waals surface area (Å²) < 4.78 is 0. The number of aromatic nitrogens is 1. The van der Waals surface area contributed by atoms with Crippen molar-refractivity contribution in [2.75, 3.05) is 20.1 Å². The topological polar surface area (TPSA) is 28.2 Å². The minimum atomic E-state index is 0. The molecule has 3 rings (SSSR count). The van der Waals surface area contributed by atoms with E-state index in [0.717, 1.165) is 19.5 Å². The third kappa shape index (κ3) is 6.05. The van der Waals surface area contributed by atoms with E-state index in [1.54, 1.807) is 11.3 Å². The predicted octanol–water partition coefficient (Wildman–Crippen LogP) is 3.76. The van der Waals surface area contributed by atoms with Crippen molar-refractivity contribution in [3.8, 4) is 0 Å². The number of nitrogens with one attached hydrogen (secondary N) is 1. The molecule has 1 aliphatic heterocycles. The highest BCUT2D eigenvalue weighted by Crippen LogP contribution is 2.18. The van der Waals surface area contributed by atoms with Crippen molar-refractivity contribution in [2.45, 2.75) is 31.8 Å². The van der Waals surface area contributed by atoms with Crippen LogP contribution in [-0.4, -0.2) is 36.1 Å². The highest BCUT2D eigenvalue weighted by atomic mass is 35.5. The average molecular weight is 374 g/mol. The van der Waals surface area contributed by atoms with Crippen LogP contribution in [0, 0.1) is 0 Å². The first-order valence-corrected chi connectivity index (χ1v) is 8.58. The van der Waals surface area contributed by atoms with Crippen LogP contribution in [0.3, 0.4) is 0 Å². The number of halogens is 2. The molecule has 1 atom stereocenters. The Labute approximate surface area is 155 Å². The lowest BCUT2D eigenvalue weighted by Gasteiger charge is -2.31. The zero-order valence-electron chi connectivity index (χ0n) is 13.4. The lowest BCUT2D eigenvalue weighted by Crippen LogP contribution is -2.43. The first-order chi connectivity index (χ1) is 10.3. The summed E-state index contributed by atoms with van der Waals surface area (Å²) in [5.74, 6) is 0. The molecule has 0 saturated carbocycles. The Morgan fingerprint density at radius 2 is 2.04 bits per heavy atom. The quantitative estimate of drug-likeness (QED) is 0.864. The average Bonchev–Trinajstić information content (AvgIpc) is 2.95. The first-order valence-electron chi connectivity index (χ1n) is 7.70. The number of hydrogen-bond donors (Lipinski definition) is 1. The Morgan fingerprint density at radius 1 is 1.26 bits per heavy atom. The van der Waals surface area contributed by atoms with E-state index >= 15 is 0 Å². The third-order valence-electron chi connectivity index (χ3n) is 4.10. The molecule has 2 heterocycles. The molecule has 0 aliphatic carbocycles. The molecule has 1 N–H and O–H groups in total. The maximum Gasteiger partial charge on any atom is 0.0972 e. The molecule has 0 amide bonds. The van der Waals surface area contributed by atoms with Crippen molar-refractivity contribution in [3.63, 3.8) is 0 Å². The van der Waals surface area contributed by atoms with Gasteiger partial charge < -0.3 is 5.32 Å². The van der Waals surface area contributed by atoms with Crippen LogP contribution in [0.1, 0.15) is 29.1 Å². The fourth-order valence-electron chi connectivity index (χ4n) is 2.94. The first kappa shape index (κ1) is 20.4. The molecular weight excluding hydrogens is 349 g/mol. The molecule has 6 heteroatoms. The number of benzene rings is 1. The number of hydrogen-bond acceptors (Lipinski definition) is 4. The number of rotatable bonds is 5. The van der Waals surface area contributed by atoms with Crippen LogP contribution in [0.5, 0.6) is 0 Å². The SMILES string of the molecule is CNC1CCCN(Cc2csc(Cc3ccccc3)n2)C1.Cl.Cl. The van der Waals surface area contributed by atoms with Gasteiger partial charge in [0.05, 0.1) is 10.7 Å². The Balaban J connectivity index is 0.00000132. The van der Waals surface area contributed by atoms with Crippen molar-refractivity contribution in [2.24, 2.45) is 0 Å². The van der Waals surface area contributed by atoms with E-state index in [2.05, 4.69) is 53.0 Å². The Kier molecular flexibility index (Phi) is 9.10. The summed E-state index contributed by atoms with van der Waals surface area (Å²) in [4.78, 5) is 7.33. The number of nitrogens with zero attached hydrogens (tertiary/aromatic N) is 2. The number of thiazole rings is 1. The Hall–Kier alpha value is -0.650. The lowest BCUT2D eigenvalue weighted by atomic mass is 10.1. The maximum atomic E-state index is 4.81. The second-order valence-electron chi connectivity index (χ2n) is 5.76. The normalized spacial score (nSPS) is 18.0. The molecular formula is C17H25Cl2N3S. The number of likely N-dealkylation sites (tertiary alicyclic amines) is 1. The van der Waals surface area contributed by atoms with Gasteiger partial charge in [-0.05, 0) is 32.0 Å². The van der Waals surface area contributed by atoms with Crippen LogP contribution in [0.25, 0.3) is 0 Å². The van der Waals surface area contributed by atoms with Gasteiger partial charge in [0.25, 0.3) is 0 Å². The van der Waals surface area contributed by atoms with Crippen molar-refractivity contribution < 1.29 is 0 Å². The van der Waals surface area contributed by atoms with Gasteiger partial charge in [-0.2, -0.15) is 0 Å². The largest absolute Gasteiger partial charge is 0.316 e. The summed E-state index contributed by atoms with van der Waals surface area (Å²) >= 11 is 1.79. The molecule has 1 saturated heterocycles. The third-order valence-corrected chi connectivity index (χ3v) is 4.99. The molecule has 0 bridgehead atoms. The van der Waals surface area contributed by atoms with Gasteiger partial charge in [0.15, 0.2) is 0 Å². The molecule has 0 spiro atoms. The van der Waals surface area contributed by atoms with E-state index < -0.39 is 0 Å². The molecule has 1 aliphatic rings. The summed E-state index contributed by atoms with van der Waals surface area (Å²) in [5.41, 5.74) is 2.56. The fourth-order valence-corrected chi connectivity index (χ4v) is 3.76. The van der Waals surface area contributed by atoms with Gasteiger partial charge in [-0.15, -0.1) is 36.2 Å². The van der Waals surface area contributed by atoms with Crippen LogP contribution in [0.4, 0.5) is 0 Å². The van der Waals surface area contributed by atoms with E-state index in [4.69, 9.17) is 4.98 Å². The summed E-state index contributed by atoms with van der Waals surface area (Å²) in [6, 6.07) is 11.2. The second kappa shape index (κ2) is 10.3. The van der Waals surface area contributed by atoms with Gasteiger partial charge in [-0.25, -0.2) is 4.98 Å². The fraction of sp³-hybridized carbons (Fsp3) is 0.471. The van der Waals surface area contributed by atoms with Crippen molar-refractivity contribution in [3.05, 3.63) is 52.0 Å². The summed E-state index contributed by atoms with van der Waals surface area (Å²) in [6.07, 6.45) is 3.53. The second-order valence-corrected chi connectivity index (χ2v) is 6.70. The molecule has 1 aromatic carbocycles. The van der Waals surface area contributed by atoms with E-state index in [1.807, 2.05) is 0 Å². The van der Waals surface area contributed by atoms with Gasteiger partial charge in [-0.3, -0.25) is 4.90 Å². The van der Waals surface area contributed by atoms with Crippen LogP contribution in [0.2, 0.25) is 0 Å². The molecule has 0 radical (unpaired) electrons. The summed E-state index contributed by atoms with van der Waals surface area (Å²) in [5, 5.41) is 6.84. The zero-order chi connectivity index (χ0) is 14.5. The molecule has 23 heavy (non-hydrogen) atoms. The minimum Gasteiger partial charge on any atom is -0.316 e. The Bertz CT molecular complexity index is 562. The molecule has 1 aromatic heterocycles. The van der Waals surface area contributed by atoms with Crippen LogP contribution in [0.15, 0.2) is 35.7 Å². The number of likely N-dealkylation sites (N-methyl/N-ethyl adjacent to an activating group) is 1. The molecule has 128 valence electrons. The van der Waals surface area contributed by atoms with Crippen molar-refractivity contribution >= 4 is 36.2 Å². The standard InChI is InChI=1S/C17H23N3S.2ClH/c1-18-15-8-5-9-20(11-15)12-16-13-21-17(19-16)10-14-6-3-2-4-7-14;;/h2-4,6-7,13,15,18H,5,8-12H2,1H3;2*1H. The van der Waals surface area contributed by atoms with E-state index in [-0.39, 0.29) is 24.8 Å². The molecule has 2 aromatic rings. The van der Waals surface area contributed by atoms with E-state index in [0.29, 0.717) is 6.04 Å². The highest BCUT2D eigenvalue weighted by molar-refractivity contribution is 7.09. The van der Waals surface area contributed by atoms with Crippen molar-refractivity contribution in [1.82, 2.24) is 15.2 Å². The van der Waals surface area contributed by atoms with Gasteiger partial charge in [-0.1, -0.05) is 30.3 Å². The van der Waals surface area contributed by atoms with Gasteiger partial charge in [0.2, 0.25) is 0 Å². The van der Waals surface area contributed by atoms with E-state index in [9.17, 15) is 0 Å². The Morgan fingerprint density at radius 3 is 2.78 bits per heavy atom. The zero-order valence-corrected chi connectivity index (χ0v) is 15.9. The molecule has 1 unspecified atom stereocenters. The summed E-state index contributed by atoms with van der Waals surface area (Å²) in [6.45, 7) is 3.33. The van der Waals surface area contributed by atoms with Gasteiger partial charge >= 0.3 is 0 Å². The molecule has 3 nitrogen and oxygen atoms in total. The smallest absolute Gasteiger partial charge is 0.0972 e. The number of piperidine rings is 1. The van der Waals surface area contributed by atoms with Crippen LogP contribution >= 0.6 is 36.2 Å². The van der Waals surface area contributed by atoms with Crippen molar-refractivity contribution in [1.29, 1.82) is 0 Å². The summed E-state index contributed by atoms with van der Waals surface area (Å²) in [7, 11) is 2.06.